The van der Waals surface area contributed by atoms with Gasteiger partial charge in [-0.05, 0) is 4.92 Å². The highest BCUT2D eigenvalue weighted by Gasteiger charge is 2.19. The van der Waals surface area contributed by atoms with Gasteiger partial charge < -0.3 is 25.1 Å². The van der Waals surface area contributed by atoms with Crippen molar-refractivity contribution in [1.82, 2.24) is 9.55 Å². The highest BCUT2D eigenvalue weighted by molar-refractivity contribution is 5.89. The van der Waals surface area contributed by atoms with E-state index in [0.29, 0.717) is 0 Å². The smallest absolute Gasteiger partial charge is 0.358 e. The van der Waals surface area contributed by atoms with Crippen LogP contribution in [0.1, 0.15) is 5.69 Å². The van der Waals surface area contributed by atoms with E-state index in [0.717, 1.165) is 0 Å². The molecule has 1 rings (SSSR count). The monoisotopic (exact) mass is 233 g/mol. The van der Waals surface area contributed by atoms with Crippen LogP contribution >= 0.6 is 0 Å². The summed E-state index contributed by atoms with van der Waals surface area (Å²) in [6.45, 7) is 0. The molecule has 2 N–H and O–H groups in total. The number of oxime groups is 1. The average molecular weight is 233 g/mol. The van der Waals surface area contributed by atoms with Crippen molar-refractivity contribution in [3.05, 3.63) is 38.4 Å². The van der Waals surface area contributed by atoms with E-state index >= 15 is 0 Å². The summed E-state index contributed by atoms with van der Waals surface area (Å²) >= 11 is 0. The summed E-state index contributed by atoms with van der Waals surface area (Å²) in [5.74, 6) is -0.616. The van der Waals surface area contributed by atoms with Gasteiger partial charge in [0.2, 0.25) is 0 Å². The highest BCUT2D eigenvalue weighted by atomic mass is 16.9. The van der Waals surface area contributed by atoms with Crippen LogP contribution in [0.15, 0.2) is 17.7 Å². The first kappa shape index (κ1) is 13.3. The van der Waals surface area contributed by atoms with Crippen LogP contribution in [-0.4, -0.2) is 35.8 Å². The van der Waals surface area contributed by atoms with Crippen LogP contribution in [0.2, 0.25) is 0 Å². The van der Waals surface area contributed by atoms with E-state index in [1.165, 1.54) is 17.1 Å². The second-order valence-electron chi connectivity index (χ2n) is 2.31. The molecule has 11 nitrogen and oxygen atoms in total. The number of aromatic nitrogens is 2. The summed E-state index contributed by atoms with van der Waals surface area (Å²) in [6.07, 6.45) is 2.63. The zero-order chi connectivity index (χ0) is 12.7. The van der Waals surface area contributed by atoms with Crippen LogP contribution in [0.5, 0.6) is 0 Å². The maximum absolute atomic E-state index is 10.3. The zero-order valence-corrected chi connectivity index (χ0v) is 7.92. The molecule has 88 valence electrons. The highest BCUT2D eigenvalue weighted by Crippen LogP contribution is 1.99. The molecule has 0 saturated carbocycles. The Balaban J connectivity index is 0.000000487. The fourth-order valence-corrected chi connectivity index (χ4v) is 0.754. The van der Waals surface area contributed by atoms with Crippen molar-refractivity contribution in [1.29, 1.82) is 0 Å². The average Bonchev–Trinajstić information content (AvgIpc) is 2.52. The zero-order valence-electron chi connectivity index (χ0n) is 7.92. The molecule has 0 saturated heterocycles. The SMILES string of the molecule is Cn1cncc1/C(=N\O)[N+](=O)[O-].O=[N+]([O-])O. The van der Waals surface area contributed by atoms with Gasteiger partial charge in [-0.25, -0.2) is 4.98 Å². The van der Waals surface area contributed by atoms with Crippen molar-refractivity contribution in [3.8, 4) is 0 Å². The second-order valence-corrected chi connectivity index (χ2v) is 2.31. The van der Waals surface area contributed by atoms with Crippen LogP contribution in [0.3, 0.4) is 0 Å². The molecule has 0 unspecified atom stereocenters. The number of amidine groups is 1. The third-order valence-electron chi connectivity index (χ3n) is 1.31. The van der Waals surface area contributed by atoms with Gasteiger partial charge in [0.05, 0.1) is 12.5 Å². The van der Waals surface area contributed by atoms with Crippen molar-refractivity contribution in [2.75, 3.05) is 0 Å². The maximum atomic E-state index is 10.3. The van der Waals surface area contributed by atoms with Gasteiger partial charge in [0.1, 0.15) is 0 Å². The summed E-state index contributed by atoms with van der Waals surface area (Å²) in [6, 6.07) is 0. The molecule has 0 aromatic carbocycles. The molecule has 0 aliphatic rings. The summed E-state index contributed by atoms with van der Waals surface area (Å²) < 4.78 is 1.39. The second kappa shape index (κ2) is 5.90. The number of nitro groups is 1. The van der Waals surface area contributed by atoms with Crippen molar-refractivity contribution in [3.63, 3.8) is 0 Å². The third kappa shape index (κ3) is 3.99. The summed E-state index contributed by atoms with van der Waals surface area (Å²) in [5, 5.41) is 34.7. The van der Waals surface area contributed by atoms with E-state index in [9.17, 15) is 10.1 Å². The third-order valence-corrected chi connectivity index (χ3v) is 1.31. The molecular weight excluding hydrogens is 226 g/mol. The van der Waals surface area contributed by atoms with Crippen molar-refractivity contribution >= 4 is 5.84 Å². The van der Waals surface area contributed by atoms with Crippen LogP contribution in [-0.2, 0) is 7.05 Å². The van der Waals surface area contributed by atoms with Crippen LogP contribution in [0.25, 0.3) is 0 Å². The molecule has 1 aromatic rings. The minimum Gasteiger partial charge on any atom is -0.358 e. The van der Waals surface area contributed by atoms with E-state index in [-0.39, 0.29) is 5.69 Å². The van der Waals surface area contributed by atoms with Gasteiger partial charge in [-0.15, -0.1) is 10.1 Å². The first-order valence-electron chi connectivity index (χ1n) is 3.56. The Kier molecular flexibility index (Phi) is 4.89. The summed E-state index contributed by atoms with van der Waals surface area (Å²) in [5.41, 5.74) is 0.155. The lowest BCUT2D eigenvalue weighted by Gasteiger charge is -1.95. The Morgan fingerprint density at radius 2 is 2.06 bits per heavy atom. The summed E-state index contributed by atoms with van der Waals surface area (Å²) in [4.78, 5) is 21.5. The minimum atomic E-state index is -1.50. The fourth-order valence-electron chi connectivity index (χ4n) is 0.754. The quantitative estimate of drug-likeness (QED) is 0.217. The number of imidazole rings is 1. The Morgan fingerprint density at radius 3 is 2.31 bits per heavy atom. The largest absolute Gasteiger partial charge is 0.434 e. The number of rotatable bonds is 1. The summed E-state index contributed by atoms with van der Waals surface area (Å²) in [7, 11) is 1.57. The molecule has 0 spiro atoms. The Bertz CT molecular complexity index is 407. The molecule has 11 heteroatoms. The van der Waals surface area contributed by atoms with Gasteiger partial charge in [0.25, 0.3) is 5.09 Å². The minimum absolute atomic E-state index is 0.155. The van der Waals surface area contributed by atoms with Gasteiger partial charge in [0.15, 0.2) is 10.8 Å². The molecule has 0 amide bonds. The van der Waals surface area contributed by atoms with Crippen molar-refractivity contribution in [2.24, 2.45) is 12.2 Å². The van der Waals surface area contributed by atoms with Crippen LogP contribution < -0.4 is 0 Å². The van der Waals surface area contributed by atoms with Gasteiger partial charge in [-0.2, -0.15) is 0 Å². The first-order chi connectivity index (χ1) is 7.40. The van der Waals surface area contributed by atoms with Crippen molar-refractivity contribution < 1.29 is 20.4 Å². The van der Waals surface area contributed by atoms with Gasteiger partial charge in [-0.1, -0.05) is 0 Å². The normalized spacial score (nSPS) is 10.2. The molecule has 0 fully saturated rings. The molecule has 0 radical (unpaired) electrons. The molecule has 0 aliphatic carbocycles. The standard InChI is InChI=1S/C5H6N4O3.HNO3/c1-8-3-6-2-4(8)5(7-10)9(11)12;2-1(3)4/h2-3,10H,1H3;(H,2,3,4)/b7-5+;. The van der Waals surface area contributed by atoms with E-state index < -0.39 is 15.8 Å². The maximum Gasteiger partial charge on any atom is 0.434 e. The van der Waals surface area contributed by atoms with Gasteiger partial charge >= 0.3 is 5.84 Å². The van der Waals surface area contributed by atoms with Gasteiger partial charge in [0, 0.05) is 7.05 Å². The van der Waals surface area contributed by atoms with Crippen molar-refractivity contribution in [2.45, 2.75) is 0 Å². The lowest BCUT2D eigenvalue weighted by molar-refractivity contribution is -0.742. The number of hydrogen-bond donors (Lipinski definition) is 2. The molecule has 0 aliphatic heterocycles. The fraction of sp³-hybridized carbons (Fsp3) is 0.200. The van der Waals surface area contributed by atoms with Gasteiger partial charge in [-0.3, -0.25) is 0 Å². The molecule has 0 bridgehead atoms. The Labute approximate surface area is 87.5 Å². The predicted molar refractivity (Wildman–Crippen MR) is 47.3 cm³/mol. The number of aryl methyl sites for hydroxylation is 1. The Morgan fingerprint density at radius 1 is 1.56 bits per heavy atom. The van der Waals surface area contributed by atoms with E-state index in [1.54, 1.807) is 7.05 Å². The molecule has 1 aromatic heterocycles. The molecule has 1 heterocycles. The molecular formula is C5H7N5O6. The Hall–Kier alpha value is -2.72. The van der Waals surface area contributed by atoms with Crippen LogP contribution in [0.4, 0.5) is 0 Å². The van der Waals surface area contributed by atoms with E-state index in [1.807, 2.05) is 0 Å². The lowest BCUT2D eigenvalue weighted by atomic mass is 10.4. The number of nitrogens with zero attached hydrogens (tertiary/aromatic N) is 5. The molecule has 0 atom stereocenters. The predicted octanol–water partition coefficient (Wildman–Crippen LogP) is -0.515. The molecule has 16 heavy (non-hydrogen) atoms. The lowest BCUT2D eigenvalue weighted by Crippen LogP contribution is -2.16. The topological polar surface area (TPSA) is 157 Å². The number of hydrogen-bond acceptors (Lipinski definition) is 7. The van der Waals surface area contributed by atoms with E-state index in [2.05, 4.69) is 10.1 Å². The first-order valence-corrected chi connectivity index (χ1v) is 3.56. The van der Waals surface area contributed by atoms with Crippen LogP contribution in [0, 0.1) is 20.2 Å². The van der Waals surface area contributed by atoms with E-state index in [4.69, 9.17) is 20.5 Å².